The number of hydrogen-bond donors (Lipinski definition) is 0. The van der Waals surface area contributed by atoms with E-state index >= 15 is 0 Å². The van der Waals surface area contributed by atoms with Crippen molar-refractivity contribution in [2.75, 3.05) is 0 Å². The summed E-state index contributed by atoms with van der Waals surface area (Å²) >= 11 is 0. The molecule has 0 nitrogen and oxygen atoms in total. The third-order valence-corrected chi connectivity index (χ3v) is 3.10. The molecular formula is C23H27Hf2-5. The second kappa shape index (κ2) is 16.8. The zero-order chi connectivity index (χ0) is 14.9. The van der Waals surface area contributed by atoms with E-state index in [1.807, 2.05) is 20.3 Å². The topological polar surface area (TPSA) is 0 Å². The van der Waals surface area contributed by atoms with Gasteiger partial charge >= 0.3 is 0 Å². The Bertz CT molecular complexity index is 639. The second-order valence-electron chi connectivity index (χ2n) is 4.89. The van der Waals surface area contributed by atoms with Gasteiger partial charge in [-0.15, -0.1) is 59.3 Å². The minimum atomic E-state index is 0. The van der Waals surface area contributed by atoms with Crippen LogP contribution in [-0.2, 0) is 51.7 Å². The normalized spacial score (nSPS) is 8.08. The van der Waals surface area contributed by atoms with Crippen LogP contribution < -0.4 is 0 Å². The van der Waals surface area contributed by atoms with Crippen LogP contribution in [0.5, 0.6) is 0 Å². The van der Waals surface area contributed by atoms with Crippen LogP contribution in [0.4, 0.5) is 0 Å². The smallest absolute Gasteiger partial charge is 0 e. The quantitative estimate of drug-likeness (QED) is 0.138. The second-order valence-corrected chi connectivity index (χ2v) is 4.89. The first-order valence-corrected chi connectivity index (χ1v) is 7.30. The summed E-state index contributed by atoms with van der Waals surface area (Å²) in [5.74, 6) is 0. The molecule has 0 radical (unpaired) electrons. The van der Waals surface area contributed by atoms with Crippen LogP contribution in [0.3, 0.4) is 0 Å². The molecule has 4 rings (SSSR count). The van der Waals surface area contributed by atoms with Crippen LogP contribution in [0.25, 0.3) is 21.5 Å². The van der Waals surface area contributed by atoms with Gasteiger partial charge in [0.1, 0.15) is 0 Å². The minimum Gasteiger partial charge on any atom is -0.358 e. The molecule has 132 valence electrons. The third-order valence-electron chi connectivity index (χ3n) is 3.10. The van der Waals surface area contributed by atoms with E-state index in [0.29, 0.717) is 0 Å². The van der Waals surface area contributed by atoms with Crippen molar-refractivity contribution in [3.8, 4) is 0 Å². The van der Waals surface area contributed by atoms with Crippen molar-refractivity contribution in [3.05, 3.63) is 106 Å². The molecule has 0 bridgehead atoms. The first-order valence-electron chi connectivity index (χ1n) is 7.30. The van der Waals surface area contributed by atoms with E-state index in [1.54, 1.807) is 0 Å². The molecule has 4 aromatic rings. The summed E-state index contributed by atoms with van der Waals surface area (Å²) in [4.78, 5) is 0. The fraction of sp³-hybridized carbons (Fsp3) is 0.0870. The van der Waals surface area contributed by atoms with Crippen molar-refractivity contribution in [1.29, 1.82) is 0 Å². The maximum atomic E-state index is 2.12. The molecular weight excluding hydrogens is 633 g/mol. The van der Waals surface area contributed by atoms with Crippen molar-refractivity contribution in [2.45, 2.75) is 13.8 Å². The van der Waals surface area contributed by atoms with E-state index in [4.69, 9.17) is 0 Å². The Morgan fingerprint density at radius 1 is 0.600 bits per heavy atom. The minimum absolute atomic E-state index is 0. The molecule has 0 aliphatic rings. The van der Waals surface area contributed by atoms with Crippen LogP contribution in [0, 0.1) is 21.3 Å². The van der Waals surface area contributed by atoms with Crippen LogP contribution in [0.2, 0.25) is 0 Å². The van der Waals surface area contributed by atoms with E-state index in [-0.39, 0.29) is 66.5 Å². The number of rotatable bonds is 0. The van der Waals surface area contributed by atoms with Gasteiger partial charge in [-0.05, 0) is 0 Å². The first-order chi connectivity index (χ1) is 10.3. The molecule has 0 heterocycles. The van der Waals surface area contributed by atoms with Gasteiger partial charge in [0.15, 0.2) is 0 Å². The molecule has 0 saturated carbocycles. The van der Waals surface area contributed by atoms with Crippen LogP contribution >= 0.6 is 0 Å². The first kappa shape index (κ1) is 29.2. The molecule has 0 atom stereocenters. The predicted molar refractivity (Wildman–Crippen MR) is 108 cm³/mol. The van der Waals surface area contributed by atoms with Gasteiger partial charge in [0.25, 0.3) is 0 Å². The summed E-state index contributed by atoms with van der Waals surface area (Å²) < 4.78 is 0. The van der Waals surface area contributed by atoms with Gasteiger partial charge in [-0.2, -0.15) is 48.9 Å². The molecule has 0 amide bonds. The van der Waals surface area contributed by atoms with Gasteiger partial charge in [-0.25, -0.2) is 0 Å². The summed E-state index contributed by atoms with van der Waals surface area (Å²) in [6.07, 6.45) is 2.00. The summed E-state index contributed by atoms with van der Waals surface area (Å²) in [5, 5.41) is 5.32. The molecule has 0 aliphatic carbocycles. The predicted octanol–water partition coefficient (Wildman–Crippen LogP) is 7.24. The zero-order valence-electron chi connectivity index (χ0n) is 15.7. The number of benzene rings is 2. The molecule has 0 spiro atoms. The van der Waals surface area contributed by atoms with Gasteiger partial charge in [0.2, 0.25) is 0 Å². The van der Waals surface area contributed by atoms with E-state index in [1.165, 1.54) is 21.5 Å². The zero-order valence-corrected chi connectivity index (χ0v) is 22.8. The Hall–Kier alpha value is -0.600. The molecule has 0 N–H and O–H groups in total. The Morgan fingerprint density at radius 2 is 0.920 bits per heavy atom. The Morgan fingerprint density at radius 3 is 1.24 bits per heavy atom. The fourth-order valence-corrected chi connectivity index (χ4v) is 2.14. The molecule has 2 heteroatoms. The average Bonchev–Trinajstić information content (AvgIpc) is 3.17. The summed E-state index contributed by atoms with van der Waals surface area (Å²) in [6.45, 7) is 4.00. The van der Waals surface area contributed by atoms with Gasteiger partial charge < -0.3 is 21.3 Å². The average molecular weight is 660 g/mol. The van der Waals surface area contributed by atoms with Gasteiger partial charge in [0, 0.05) is 51.7 Å². The van der Waals surface area contributed by atoms with E-state index in [0.717, 1.165) is 0 Å². The standard InChI is InChI=1S/2C9H7.C3H7.2CH3.2Hf/c2*1-2-5-9-7-3-6-8(9)4-1;1-3-2;;;;/h2*1-7H;3H,1-2H3;2*1H3;;/q5*-1;;. The van der Waals surface area contributed by atoms with Gasteiger partial charge in [-0.1, -0.05) is 12.1 Å². The fourth-order valence-electron chi connectivity index (χ4n) is 2.14. The van der Waals surface area contributed by atoms with E-state index in [9.17, 15) is 0 Å². The van der Waals surface area contributed by atoms with Crippen LogP contribution in [0.1, 0.15) is 13.8 Å². The maximum absolute atomic E-state index is 2.12. The van der Waals surface area contributed by atoms with Crippen molar-refractivity contribution >= 4 is 21.5 Å². The van der Waals surface area contributed by atoms with Crippen molar-refractivity contribution in [3.63, 3.8) is 0 Å². The molecule has 0 unspecified atom stereocenters. The third kappa shape index (κ3) is 9.61. The van der Waals surface area contributed by atoms with Crippen LogP contribution in [-0.4, -0.2) is 0 Å². The van der Waals surface area contributed by atoms with Crippen LogP contribution in [0.15, 0.2) is 84.9 Å². The van der Waals surface area contributed by atoms with E-state index in [2.05, 4.69) is 84.9 Å². The molecule has 0 fully saturated rings. The monoisotopic (exact) mass is 663 g/mol. The molecule has 0 aromatic heterocycles. The molecule has 0 saturated heterocycles. The molecule has 4 aromatic carbocycles. The largest absolute Gasteiger partial charge is 0.358 e. The number of hydrogen-bond acceptors (Lipinski definition) is 0. The molecule has 25 heavy (non-hydrogen) atoms. The summed E-state index contributed by atoms with van der Waals surface area (Å²) in [7, 11) is 0. The van der Waals surface area contributed by atoms with E-state index < -0.39 is 0 Å². The number of fused-ring (bicyclic) bond motifs is 2. The Labute approximate surface area is 191 Å². The summed E-state index contributed by atoms with van der Waals surface area (Å²) in [5.41, 5.74) is 0. The van der Waals surface area contributed by atoms with Crippen molar-refractivity contribution < 1.29 is 51.7 Å². The SMILES string of the molecule is C[CH-]C.[CH3-].[CH3-].[Hf].[Hf].c1ccc2[cH-]ccc2c1.c1ccc2[cH-]ccc2c1. The molecule has 0 aliphatic heterocycles. The van der Waals surface area contributed by atoms with Crippen molar-refractivity contribution in [2.24, 2.45) is 0 Å². The Kier molecular flexibility index (Phi) is 19.7. The Balaban J connectivity index is -0.000000295. The van der Waals surface area contributed by atoms with Gasteiger partial charge in [-0.3, -0.25) is 0 Å². The summed E-state index contributed by atoms with van der Waals surface area (Å²) in [6, 6.07) is 29.3. The maximum Gasteiger partial charge on any atom is 0 e. The van der Waals surface area contributed by atoms with Crippen molar-refractivity contribution in [1.82, 2.24) is 0 Å². The van der Waals surface area contributed by atoms with Gasteiger partial charge in [0.05, 0.1) is 0 Å².